The summed E-state index contributed by atoms with van der Waals surface area (Å²) in [7, 11) is 0. The Balaban J connectivity index is 1.20. The van der Waals surface area contributed by atoms with Crippen molar-refractivity contribution in [3.63, 3.8) is 0 Å². The largest absolute Gasteiger partial charge is 0.379 e. The van der Waals surface area contributed by atoms with E-state index in [0.29, 0.717) is 12.2 Å². The summed E-state index contributed by atoms with van der Waals surface area (Å²) in [4.78, 5) is 0. The molecule has 27 heavy (non-hydrogen) atoms. The van der Waals surface area contributed by atoms with Gasteiger partial charge < -0.3 is 14.2 Å². The van der Waals surface area contributed by atoms with Crippen molar-refractivity contribution < 1.29 is 14.2 Å². The minimum absolute atomic E-state index is 0.0191. The van der Waals surface area contributed by atoms with Gasteiger partial charge in [-0.25, -0.2) is 0 Å². The van der Waals surface area contributed by atoms with Gasteiger partial charge in [0, 0.05) is 6.61 Å². The summed E-state index contributed by atoms with van der Waals surface area (Å²) in [5.74, 6) is 1.82. The second-order valence-corrected chi connectivity index (χ2v) is 9.01. The molecule has 1 heterocycles. The number of rotatable bonds is 6. The topological polar surface area (TPSA) is 31.0 Å². The lowest BCUT2D eigenvalue weighted by molar-refractivity contribution is -0.0438. The highest BCUT2D eigenvalue weighted by Crippen LogP contribution is 2.44. The monoisotopic (exact) mass is 372 g/mol. The maximum Gasteiger partial charge on any atom is 0.189 e. The highest BCUT2D eigenvalue weighted by atomic mass is 16.8. The van der Waals surface area contributed by atoms with Crippen molar-refractivity contribution in [2.45, 2.75) is 96.7 Å². The maximum absolute atomic E-state index is 6.29. The molecule has 3 nitrogen and oxygen atoms in total. The summed E-state index contributed by atoms with van der Waals surface area (Å²) in [5.41, 5.74) is 3.88. The maximum atomic E-state index is 6.29. The fourth-order valence-corrected chi connectivity index (χ4v) is 5.46. The molecule has 0 N–H and O–H groups in total. The number of aryl methyl sites for hydroxylation is 2. The minimum Gasteiger partial charge on any atom is -0.379 e. The molecule has 0 aromatic heterocycles. The highest BCUT2D eigenvalue weighted by molar-refractivity contribution is 5.31. The summed E-state index contributed by atoms with van der Waals surface area (Å²) in [6.07, 6.45) is 11.4. The molecule has 1 saturated heterocycles. The number of ether oxygens (including phenoxy) is 3. The van der Waals surface area contributed by atoms with Crippen LogP contribution >= 0.6 is 0 Å². The zero-order valence-electron chi connectivity index (χ0n) is 17.3. The second-order valence-electron chi connectivity index (χ2n) is 9.01. The summed E-state index contributed by atoms with van der Waals surface area (Å²) in [6, 6.07) is 6.68. The molecule has 4 rings (SSSR count). The average molecular weight is 373 g/mol. The first kappa shape index (κ1) is 19.4. The van der Waals surface area contributed by atoms with Crippen molar-refractivity contribution in [3.8, 4) is 0 Å². The van der Waals surface area contributed by atoms with Gasteiger partial charge in [0.1, 0.15) is 6.10 Å². The van der Waals surface area contributed by atoms with Crippen molar-refractivity contribution in [1.82, 2.24) is 0 Å². The quantitative estimate of drug-likeness (QED) is 0.585. The van der Waals surface area contributed by atoms with Crippen LogP contribution in [0.15, 0.2) is 18.2 Å². The van der Waals surface area contributed by atoms with Crippen LogP contribution in [0.1, 0.15) is 81.1 Å². The molecule has 0 spiro atoms. The van der Waals surface area contributed by atoms with Crippen molar-refractivity contribution in [2.24, 2.45) is 11.8 Å². The Morgan fingerprint density at radius 1 is 0.815 bits per heavy atom. The van der Waals surface area contributed by atoms with Gasteiger partial charge in [-0.3, -0.25) is 0 Å². The number of benzene rings is 1. The van der Waals surface area contributed by atoms with E-state index in [1.54, 1.807) is 0 Å². The molecule has 0 bridgehead atoms. The lowest BCUT2D eigenvalue weighted by Gasteiger charge is -2.37. The van der Waals surface area contributed by atoms with Crippen LogP contribution in [-0.4, -0.2) is 25.1 Å². The van der Waals surface area contributed by atoms with Gasteiger partial charge in [-0.05, 0) is 89.5 Å². The fraction of sp³-hybridized carbons (Fsp3) is 0.750. The zero-order valence-corrected chi connectivity index (χ0v) is 17.3. The van der Waals surface area contributed by atoms with E-state index < -0.39 is 0 Å². The first-order valence-corrected chi connectivity index (χ1v) is 11.1. The van der Waals surface area contributed by atoms with Crippen LogP contribution in [0.3, 0.4) is 0 Å². The Bertz CT molecular complexity index is 592. The van der Waals surface area contributed by atoms with Crippen molar-refractivity contribution in [1.29, 1.82) is 0 Å². The SMILES string of the molecule is CCOC1CCC(C2CCC(OC3OC3c3cc(C)cc(C)c3)CC2)CC1. The highest BCUT2D eigenvalue weighted by Gasteiger charge is 2.44. The van der Waals surface area contributed by atoms with Gasteiger partial charge in [0.15, 0.2) is 6.29 Å². The Labute approximate surface area is 164 Å². The molecule has 1 aromatic carbocycles. The lowest BCUT2D eigenvalue weighted by Crippen LogP contribution is -2.30. The van der Waals surface area contributed by atoms with Gasteiger partial charge in [0.2, 0.25) is 0 Å². The van der Waals surface area contributed by atoms with E-state index >= 15 is 0 Å². The molecule has 2 saturated carbocycles. The summed E-state index contributed by atoms with van der Waals surface area (Å²) >= 11 is 0. The molecule has 0 radical (unpaired) electrons. The second kappa shape index (κ2) is 8.63. The van der Waals surface area contributed by atoms with Gasteiger partial charge in [-0.15, -0.1) is 0 Å². The predicted molar refractivity (Wildman–Crippen MR) is 108 cm³/mol. The third-order valence-corrected chi connectivity index (χ3v) is 6.86. The van der Waals surface area contributed by atoms with Crippen LogP contribution in [0.5, 0.6) is 0 Å². The lowest BCUT2D eigenvalue weighted by atomic mass is 9.72. The minimum atomic E-state index is -0.0191. The molecule has 1 aromatic rings. The smallest absolute Gasteiger partial charge is 0.189 e. The number of hydrogen-bond donors (Lipinski definition) is 0. The van der Waals surface area contributed by atoms with Crippen LogP contribution < -0.4 is 0 Å². The van der Waals surface area contributed by atoms with Crippen LogP contribution in [-0.2, 0) is 14.2 Å². The fourth-order valence-electron chi connectivity index (χ4n) is 5.46. The standard InChI is InChI=1S/C24H36O3/c1-4-25-21-9-5-18(6-10-21)19-7-11-22(12-8-19)26-24-23(27-24)20-14-16(2)13-17(3)15-20/h13-15,18-19,21-24H,4-12H2,1-3H3. The van der Waals surface area contributed by atoms with Crippen LogP contribution in [0.25, 0.3) is 0 Å². The Morgan fingerprint density at radius 3 is 1.93 bits per heavy atom. The molecular weight excluding hydrogens is 336 g/mol. The molecule has 3 fully saturated rings. The molecule has 2 aliphatic carbocycles. The van der Waals surface area contributed by atoms with Gasteiger partial charge in [0.25, 0.3) is 0 Å². The predicted octanol–water partition coefficient (Wildman–Crippen LogP) is 5.87. The molecule has 2 atom stereocenters. The van der Waals surface area contributed by atoms with E-state index in [0.717, 1.165) is 18.4 Å². The summed E-state index contributed by atoms with van der Waals surface area (Å²) in [6.45, 7) is 7.28. The first-order chi connectivity index (χ1) is 13.1. The van der Waals surface area contributed by atoms with Crippen LogP contribution in [0, 0.1) is 25.7 Å². The average Bonchev–Trinajstić information content (AvgIpc) is 3.42. The Hall–Kier alpha value is -0.900. The Kier molecular flexibility index (Phi) is 6.21. The van der Waals surface area contributed by atoms with Gasteiger partial charge in [0.05, 0.1) is 12.2 Å². The third kappa shape index (κ3) is 4.93. The van der Waals surface area contributed by atoms with E-state index in [-0.39, 0.29) is 12.4 Å². The van der Waals surface area contributed by atoms with Crippen LogP contribution in [0.4, 0.5) is 0 Å². The van der Waals surface area contributed by atoms with Crippen molar-refractivity contribution >= 4 is 0 Å². The van der Waals surface area contributed by atoms with E-state index in [1.807, 2.05) is 0 Å². The normalized spacial score (nSPS) is 36.6. The molecule has 1 aliphatic heterocycles. The van der Waals surface area contributed by atoms with Gasteiger partial charge >= 0.3 is 0 Å². The third-order valence-electron chi connectivity index (χ3n) is 6.86. The molecule has 3 heteroatoms. The molecule has 150 valence electrons. The van der Waals surface area contributed by atoms with Crippen molar-refractivity contribution in [3.05, 3.63) is 34.9 Å². The van der Waals surface area contributed by atoms with Gasteiger partial charge in [-0.2, -0.15) is 0 Å². The van der Waals surface area contributed by atoms with Gasteiger partial charge in [-0.1, -0.05) is 29.3 Å². The van der Waals surface area contributed by atoms with E-state index in [2.05, 4.69) is 39.0 Å². The summed E-state index contributed by atoms with van der Waals surface area (Å²) < 4.78 is 18.0. The Morgan fingerprint density at radius 2 is 1.37 bits per heavy atom. The van der Waals surface area contributed by atoms with E-state index in [4.69, 9.17) is 14.2 Å². The molecule has 2 unspecified atom stereocenters. The molecule has 0 amide bonds. The summed E-state index contributed by atoms with van der Waals surface area (Å²) in [5, 5.41) is 0. The number of hydrogen-bond acceptors (Lipinski definition) is 3. The van der Waals surface area contributed by atoms with E-state index in [9.17, 15) is 0 Å². The van der Waals surface area contributed by atoms with Crippen molar-refractivity contribution in [2.75, 3.05) is 6.61 Å². The van der Waals surface area contributed by atoms with E-state index in [1.165, 1.54) is 68.1 Å². The first-order valence-electron chi connectivity index (χ1n) is 11.1. The molecular formula is C24H36O3. The zero-order chi connectivity index (χ0) is 18.8. The molecule has 3 aliphatic rings. The van der Waals surface area contributed by atoms with Crippen LogP contribution in [0.2, 0.25) is 0 Å². The number of epoxide rings is 1.